The molecule has 0 unspecified atom stereocenters. The van der Waals surface area contributed by atoms with Crippen LogP contribution in [0.4, 0.5) is 5.69 Å². The number of benzene rings is 1. The van der Waals surface area contributed by atoms with E-state index in [0.29, 0.717) is 6.61 Å². The highest BCUT2D eigenvalue weighted by Crippen LogP contribution is 2.29. The highest BCUT2D eigenvalue weighted by atomic mass is 16.5. The molecule has 2 atom stereocenters. The molecule has 2 N–H and O–H groups in total. The van der Waals surface area contributed by atoms with E-state index >= 15 is 0 Å². The summed E-state index contributed by atoms with van der Waals surface area (Å²) in [4.78, 5) is 22.2. The second kappa shape index (κ2) is 6.52. The minimum absolute atomic E-state index is 0.0114. The average Bonchev–Trinajstić information content (AvgIpc) is 2.38. The number of carbonyl (C=O) groups is 2. The Morgan fingerprint density at radius 1 is 1.25 bits per heavy atom. The van der Waals surface area contributed by atoms with Gasteiger partial charge in [-0.3, -0.25) is 9.59 Å². The van der Waals surface area contributed by atoms with Gasteiger partial charge in [-0.2, -0.15) is 0 Å². The second-order valence-electron chi connectivity index (χ2n) is 5.09. The van der Waals surface area contributed by atoms with Gasteiger partial charge in [0.25, 0.3) is 0 Å². The molecule has 1 aliphatic heterocycles. The molecule has 1 fully saturated rings. The molecule has 1 aliphatic rings. The molecule has 1 saturated heterocycles. The number of ether oxygens (including phenoxy) is 1. The predicted molar refractivity (Wildman–Crippen MR) is 76.3 cm³/mol. The molecule has 0 spiro atoms. The van der Waals surface area contributed by atoms with Crippen LogP contribution in [0.15, 0.2) is 24.3 Å². The maximum Gasteiger partial charge on any atom is 0.221 e. The molecule has 1 heterocycles. The van der Waals surface area contributed by atoms with Crippen LogP contribution in [0, 0.1) is 0 Å². The van der Waals surface area contributed by atoms with Gasteiger partial charge in [-0.25, -0.2) is 0 Å². The number of hydrogen-bond donors (Lipinski definition) is 2. The Morgan fingerprint density at radius 2 is 2.05 bits per heavy atom. The van der Waals surface area contributed by atoms with Gasteiger partial charge in [0.2, 0.25) is 11.8 Å². The highest BCUT2D eigenvalue weighted by molar-refractivity contribution is 5.88. The predicted octanol–water partition coefficient (Wildman–Crippen LogP) is 2.00. The maximum absolute atomic E-state index is 11.1. The molecule has 108 valence electrons. The van der Waals surface area contributed by atoms with E-state index in [1.54, 1.807) is 0 Å². The zero-order valence-electron chi connectivity index (χ0n) is 11.8. The van der Waals surface area contributed by atoms with Crippen LogP contribution < -0.4 is 10.6 Å². The molecule has 5 nitrogen and oxygen atoms in total. The molecule has 0 radical (unpaired) electrons. The summed E-state index contributed by atoms with van der Waals surface area (Å²) >= 11 is 0. The summed E-state index contributed by atoms with van der Waals surface area (Å²) in [6.45, 7) is 3.64. The Hall–Kier alpha value is -1.88. The Balaban J connectivity index is 2.06. The van der Waals surface area contributed by atoms with E-state index in [0.717, 1.165) is 24.1 Å². The lowest BCUT2D eigenvalue weighted by Gasteiger charge is -2.30. The van der Waals surface area contributed by atoms with Gasteiger partial charge in [0.15, 0.2) is 0 Å². The first-order valence-corrected chi connectivity index (χ1v) is 6.81. The zero-order valence-corrected chi connectivity index (χ0v) is 11.8. The van der Waals surface area contributed by atoms with Gasteiger partial charge >= 0.3 is 0 Å². The van der Waals surface area contributed by atoms with E-state index < -0.39 is 0 Å². The van der Waals surface area contributed by atoms with Crippen molar-refractivity contribution in [1.29, 1.82) is 0 Å². The first-order chi connectivity index (χ1) is 9.54. The van der Waals surface area contributed by atoms with Gasteiger partial charge in [0, 0.05) is 32.2 Å². The summed E-state index contributed by atoms with van der Waals surface area (Å²) in [6, 6.07) is 7.79. The molecule has 1 aromatic rings. The van der Waals surface area contributed by atoms with Crippen LogP contribution in [-0.2, 0) is 14.3 Å². The van der Waals surface area contributed by atoms with E-state index in [1.165, 1.54) is 13.8 Å². The lowest BCUT2D eigenvalue weighted by atomic mass is 9.97. The third-order valence-corrected chi connectivity index (χ3v) is 3.27. The van der Waals surface area contributed by atoms with Crippen LogP contribution >= 0.6 is 0 Å². The van der Waals surface area contributed by atoms with Crippen LogP contribution in [0.5, 0.6) is 0 Å². The van der Waals surface area contributed by atoms with Crippen molar-refractivity contribution < 1.29 is 14.3 Å². The fraction of sp³-hybridized carbons (Fsp3) is 0.467. The number of amides is 2. The number of nitrogens with one attached hydrogen (secondary N) is 2. The fourth-order valence-electron chi connectivity index (χ4n) is 2.47. The highest BCUT2D eigenvalue weighted by Gasteiger charge is 2.24. The van der Waals surface area contributed by atoms with Crippen molar-refractivity contribution in [3.05, 3.63) is 29.8 Å². The molecule has 0 aliphatic carbocycles. The molecule has 5 heteroatoms. The molecule has 2 rings (SSSR count). The Kier molecular flexibility index (Phi) is 4.74. The monoisotopic (exact) mass is 276 g/mol. The average molecular weight is 276 g/mol. The van der Waals surface area contributed by atoms with Gasteiger partial charge in [-0.15, -0.1) is 0 Å². The van der Waals surface area contributed by atoms with Crippen LogP contribution in [-0.4, -0.2) is 24.5 Å². The van der Waals surface area contributed by atoms with Crippen molar-refractivity contribution in [2.45, 2.75) is 38.8 Å². The molecular weight excluding hydrogens is 256 g/mol. The minimum atomic E-state index is -0.0946. The summed E-state index contributed by atoms with van der Waals surface area (Å²) < 4.78 is 5.77. The largest absolute Gasteiger partial charge is 0.373 e. The minimum Gasteiger partial charge on any atom is -0.373 e. The quantitative estimate of drug-likeness (QED) is 0.887. The zero-order chi connectivity index (χ0) is 14.5. The van der Waals surface area contributed by atoms with Crippen molar-refractivity contribution in [2.75, 3.05) is 11.9 Å². The molecule has 0 saturated carbocycles. The van der Waals surface area contributed by atoms with Crippen molar-refractivity contribution >= 4 is 17.5 Å². The van der Waals surface area contributed by atoms with Gasteiger partial charge in [-0.05, 0) is 30.5 Å². The SMILES string of the molecule is CC(=O)Nc1cccc([C@H]2C[C@@H](NC(C)=O)CCO2)c1. The second-order valence-corrected chi connectivity index (χ2v) is 5.09. The number of anilines is 1. The van der Waals surface area contributed by atoms with Crippen molar-refractivity contribution in [3.63, 3.8) is 0 Å². The van der Waals surface area contributed by atoms with Crippen LogP contribution in [0.25, 0.3) is 0 Å². The van der Waals surface area contributed by atoms with Gasteiger partial charge in [-0.1, -0.05) is 12.1 Å². The maximum atomic E-state index is 11.1. The van der Waals surface area contributed by atoms with Gasteiger partial charge in [0.1, 0.15) is 0 Å². The summed E-state index contributed by atoms with van der Waals surface area (Å²) in [7, 11) is 0. The number of carbonyl (C=O) groups excluding carboxylic acids is 2. The third kappa shape index (κ3) is 4.06. The Bertz CT molecular complexity index is 502. The third-order valence-electron chi connectivity index (χ3n) is 3.27. The molecule has 2 amide bonds. The van der Waals surface area contributed by atoms with E-state index in [4.69, 9.17) is 4.74 Å². The smallest absolute Gasteiger partial charge is 0.221 e. The van der Waals surface area contributed by atoms with Gasteiger partial charge in [0.05, 0.1) is 6.10 Å². The molecule has 20 heavy (non-hydrogen) atoms. The van der Waals surface area contributed by atoms with Crippen molar-refractivity contribution in [2.24, 2.45) is 0 Å². The molecule has 0 bridgehead atoms. The number of rotatable bonds is 3. The standard InChI is InChI=1S/C15H20N2O3/c1-10(18)16-13-5-3-4-12(8-13)15-9-14(6-7-20-15)17-11(2)19/h3-5,8,14-15H,6-7,9H2,1-2H3,(H,16,18)(H,17,19)/t14-,15+/m0/s1. The number of hydrogen-bond acceptors (Lipinski definition) is 3. The molecular formula is C15H20N2O3. The van der Waals surface area contributed by atoms with E-state index in [9.17, 15) is 9.59 Å². The first-order valence-electron chi connectivity index (χ1n) is 6.81. The van der Waals surface area contributed by atoms with Crippen molar-refractivity contribution in [1.82, 2.24) is 5.32 Å². The van der Waals surface area contributed by atoms with Crippen molar-refractivity contribution in [3.8, 4) is 0 Å². The summed E-state index contributed by atoms with van der Waals surface area (Å²) in [5.41, 5.74) is 1.78. The summed E-state index contributed by atoms with van der Waals surface area (Å²) in [5.74, 6) is -0.106. The topological polar surface area (TPSA) is 67.4 Å². The fourth-order valence-corrected chi connectivity index (χ4v) is 2.47. The van der Waals surface area contributed by atoms with Crippen LogP contribution in [0.3, 0.4) is 0 Å². The van der Waals surface area contributed by atoms with E-state index in [2.05, 4.69) is 10.6 Å². The Labute approximate surface area is 118 Å². The van der Waals surface area contributed by atoms with E-state index in [1.807, 2.05) is 24.3 Å². The Morgan fingerprint density at radius 3 is 2.75 bits per heavy atom. The van der Waals surface area contributed by atoms with Crippen LogP contribution in [0.1, 0.15) is 38.4 Å². The molecule has 1 aromatic carbocycles. The lowest BCUT2D eigenvalue weighted by Crippen LogP contribution is -2.38. The normalized spacial score (nSPS) is 22.1. The van der Waals surface area contributed by atoms with E-state index in [-0.39, 0.29) is 24.0 Å². The lowest BCUT2D eigenvalue weighted by molar-refractivity contribution is -0.120. The van der Waals surface area contributed by atoms with Gasteiger partial charge < -0.3 is 15.4 Å². The summed E-state index contributed by atoms with van der Waals surface area (Å²) in [5, 5.41) is 5.70. The summed E-state index contributed by atoms with van der Waals surface area (Å²) in [6.07, 6.45) is 1.54. The first kappa shape index (κ1) is 14.5. The molecule has 0 aromatic heterocycles. The van der Waals surface area contributed by atoms with Crippen LogP contribution in [0.2, 0.25) is 0 Å².